The molecule has 0 spiro atoms. The van der Waals surface area contributed by atoms with Gasteiger partial charge >= 0.3 is 6.18 Å². The maximum Gasteiger partial charge on any atom is 0.416 e. The van der Waals surface area contributed by atoms with Gasteiger partial charge in [0, 0.05) is 67.2 Å². The topological polar surface area (TPSA) is 73.5 Å². The number of alkyl halides is 3. The Balaban J connectivity index is 1.23. The monoisotopic (exact) mass is 605 g/mol. The lowest BCUT2D eigenvalue weighted by molar-refractivity contribution is -0.138. The summed E-state index contributed by atoms with van der Waals surface area (Å²) in [5.41, 5.74) is 2.85. The molecule has 0 radical (unpaired) electrons. The lowest BCUT2D eigenvalue weighted by atomic mass is 10.0. The van der Waals surface area contributed by atoms with Crippen LogP contribution in [0.15, 0.2) is 71.6 Å². The summed E-state index contributed by atoms with van der Waals surface area (Å²) < 4.78 is 48.5. The summed E-state index contributed by atoms with van der Waals surface area (Å²) >= 11 is 1.57. The summed E-state index contributed by atoms with van der Waals surface area (Å²) in [5.74, 6) is 0.455. The van der Waals surface area contributed by atoms with Gasteiger partial charge in [0.2, 0.25) is 0 Å². The lowest BCUT2D eigenvalue weighted by Gasteiger charge is -2.33. The maximum absolute atomic E-state index is 14.1. The molecule has 0 unspecified atom stereocenters. The summed E-state index contributed by atoms with van der Waals surface area (Å²) in [7, 11) is 2.00. The number of H-pyrrole nitrogens is 1. The van der Waals surface area contributed by atoms with Gasteiger partial charge in [-0.2, -0.15) is 24.5 Å². The van der Waals surface area contributed by atoms with E-state index < -0.39 is 17.6 Å². The Morgan fingerprint density at radius 2 is 1.88 bits per heavy atom. The number of piperazine rings is 1. The van der Waals surface area contributed by atoms with Crippen LogP contribution in [0.3, 0.4) is 0 Å². The number of nitrogens with one attached hydrogen (secondary N) is 2. The van der Waals surface area contributed by atoms with E-state index in [1.54, 1.807) is 42.7 Å². The molecule has 0 aliphatic carbocycles. The van der Waals surface area contributed by atoms with E-state index in [-0.39, 0.29) is 17.8 Å². The van der Waals surface area contributed by atoms with E-state index in [4.69, 9.17) is 4.74 Å². The minimum Gasteiger partial charge on any atom is -0.456 e. The quantitative estimate of drug-likeness (QED) is 0.202. The molecule has 2 N–H and O–H groups in total. The molecular formula is C32H30F3N5O2S. The first kappa shape index (κ1) is 28.9. The van der Waals surface area contributed by atoms with Gasteiger partial charge in [0.15, 0.2) is 0 Å². The molecule has 3 aromatic heterocycles. The van der Waals surface area contributed by atoms with E-state index in [1.165, 1.54) is 12.1 Å². The number of hydrogen-bond donors (Lipinski definition) is 2. The highest BCUT2D eigenvalue weighted by molar-refractivity contribution is 7.08. The molecule has 6 rings (SSSR count). The van der Waals surface area contributed by atoms with Crippen molar-refractivity contribution in [2.75, 3.05) is 38.5 Å². The van der Waals surface area contributed by atoms with Crippen molar-refractivity contribution in [2.45, 2.75) is 19.6 Å². The summed E-state index contributed by atoms with van der Waals surface area (Å²) in [6.45, 7) is 5.00. The lowest BCUT2D eigenvalue weighted by Crippen LogP contribution is -2.44. The third kappa shape index (κ3) is 6.43. The van der Waals surface area contributed by atoms with Crippen molar-refractivity contribution in [3.63, 3.8) is 0 Å². The number of anilines is 1. The second-order valence-corrected chi connectivity index (χ2v) is 11.5. The smallest absolute Gasteiger partial charge is 0.416 e. The van der Waals surface area contributed by atoms with Crippen LogP contribution in [0.2, 0.25) is 0 Å². The molecule has 11 heteroatoms. The van der Waals surface area contributed by atoms with E-state index >= 15 is 0 Å². The first-order valence-corrected chi connectivity index (χ1v) is 14.8. The molecule has 0 bridgehead atoms. The molecule has 4 heterocycles. The molecule has 1 fully saturated rings. The number of thiophene rings is 1. The average molecular weight is 606 g/mol. The number of hydrogen-bond acceptors (Lipinski definition) is 6. The number of pyridine rings is 1. The molecule has 2 aromatic carbocycles. The molecule has 1 saturated heterocycles. The Kier molecular flexibility index (Phi) is 7.95. The number of rotatable bonds is 7. The van der Waals surface area contributed by atoms with E-state index in [9.17, 15) is 18.0 Å². The summed E-state index contributed by atoms with van der Waals surface area (Å²) in [6.07, 6.45) is -2.77. The Morgan fingerprint density at radius 3 is 2.63 bits per heavy atom. The fourth-order valence-corrected chi connectivity index (χ4v) is 5.84. The number of fused-ring (bicyclic) bond motifs is 1. The Labute approximate surface area is 250 Å². The van der Waals surface area contributed by atoms with Gasteiger partial charge in [-0.25, -0.2) is 4.98 Å². The van der Waals surface area contributed by atoms with Crippen molar-refractivity contribution in [1.82, 2.24) is 19.8 Å². The van der Waals surface area contributed by atoms with Gasteiger partial charge in [0.05, 0.1) is 16.6 Å². The zero-order chi connectivity index (χ0) is 30.1. The minimum atomic E-state index is -4.55. The number of aromatic amines is 1. The summed E-state index contributed by atoms with van der Waals surface area (Å²) in [6, 6.07) is 14.8. The highest BCUT2D eigenvalue weighted by Crippen LogP contribution is 2.36. The molecule has 1 aliphatic heterocycles. The first-order chi connectivity index (χ1) is 20.6. The van der Waals surface area contributed by atoms with Crippen molar-refractivity contribution in [3.8, 4) is 22.8 Å². The standard InChI is InChI=1S/C32H30F3N5O2S/c1-20-3-6-24(42-29-17-28(22-8-14-43-19-22)38-30-25(29)7-9-36-30)16-26(20)31(41)37-23-5-4-21(27(15-23)32(33,34)35)18-40-12-10-39(2)11-13-40/h3-9,14-17,19H,10-13,18H2,1-2H3,(H,36,38)(H,37,41). The molecule has 43 heavy (non-hydrogen) atoms. The van der Waals surface area contributed by atoms with E-state index in [2.05, 4.69) is 20.2 Å². The van der Waals surface area contributed by atoms with Crippen molar-refractivity contribution in [3.05, 3.63) is 93.8 Å². The Hall–Kier alpha value is -4.19. The number of carbonyl (C=O) groups is 1. The highest BCUT2D eigenvalue weighted by Gasteiger charge is 2.34. The van der Waals surface area contributed by atoms with Crippen molar-refractivity contribution in [1.29, 1.82) is 0 Å². The molecule has 0 saturated carbocycles. The number of halogens is 3. The van der Waals surface area contributed by atoms with Gasteiger partial charge in [0.25, 0.3) is 5.91 Å². The van der Waals surface area contributed by atoms with E-state index in [0.717, 1.165) is 35.8 Å². The molecule has 5 aromatic rings. The van der Waals surface area contributed by atoms with Crippen LogP contribution in [0.4, 0.5) is 18.9 Å². The highest BCUT2D eigenvalue weighted by atomic mass is 32.1. The normalized spacial score (nSPS) is 14.7. The van der Waals surface area contributed by atoms with Crippen LogP contribution in [0.25, 0.3) is 22.3 Å². The summed E-state index contributed by atoms with van der Waals surface area (Å²) in [5, 5.41) is 7.41. The largest absolute Gasteiger partial charge is 0.456 e. The van der Waals surface area contributed by atoms with Gasteiger partial charge < -0.3 is 19.9 Å². The van der Waals surface area contributed by atoms with E-state index in [1.807, 2.05) is 40.9 Å². The third-order valence-electron chi connectivity index (χ3n) is 7.65. The second kappa shape index (κ2) is 11.8. The van der Waals surface area contributed by atoms with Crippen LogP contribution in [0.1, 0.15) is 27.0 Å². The van der Waals surface area contributed by atoms with Crippen molar-refractivity contribution >= 4 is 34.0 Å². The van der Waals surface area contributed by atoms with Crippen LogP contribution >= 0.6 is 11.3 Å². The van der Waals surface area contributed by atoms with Crippen LogP contribution in [0.5, 0.6) is 11.5 Å². The molecule has 0 atom stereocenters. The van der Waals surface area contributed by atoms with Gasteiger partial charge in [-0.05, 0) is 66.9 Å². The fourth-order valence-electron chi connectivity index (χ4n) is 5.19. The van der Waals surface area contributed by atoms with Gasteiger partial charge in [-0.3, -0.25) is 9.69 Å². The van der Waals surface area contributed by atoms with Gasteiger partial charge in [0.1, 0.15) is 17.1 Å². The van der Waals surface area contributed by atoms with E-state index in [0.29, 0.717) is 41.4 Å². The second-order valence-electron chi connectivity index (χ2n) is 10.7. The fraction of sp³-hybridized carbons (Fsp3) is 0.250. The average Bonchev–Trinajstić information content (AvgIpc) is 3.68. The van der Waals surface area contributed by atoms with Gasteiger partial charge in [-0.1, -0.05) is 12.1 Å². The number of aromatic nitrogens is 2. The number of benzene rings is 2. The molecular weight excluding hydrogens is 575 g/mol. The molecule has 222 valence electrons. The van der Waals surface area contributed by atoms with Crippen LogP contribution in [-0.4, -0.2) is 58.9 Å². The minimum absolute atomic E-state index is 0.0775. The molecule has 7 nitrogen and oxygen atoms in total. The molecule has 1 amide bonds. The van der Waals surface area contributed by atoms with Crippen molar-refractivity contribution < 1.29 is 22.7 Å². The van der Waals surface area contributed by atoms with Crippen LogP contribution in [-0.2, 0) is 12.7 Å². The molecule has 1 aliphatic rings. The number of likely N-dealkylation sites (N-methyl/N-ethyl adjacent to an activating group) is 1. The number of aryl methyl sites for hydroxylation is 1. The Morgan fingerprint density at radius 1 is 1.07 bits per heavy atom. The number of ether oxygens (including phenoxy) is 1. The van der Waals surface area contributed by atoms with Gasteiger partial charge in [-0.15, -0.1) is 0 Å². The first-order valence-electron chi connectivity index (χ1n) is 13.9. The number of carbonyl (C=O) groups excluding carboxylic acids is 1. The predicted octanol–water partition coefficient (Wildman–Crippen LogP) is 7.41. The SMILES string of the molecule is Cc1ccc(Oc2cc(-c3ccsc3)nc3[nH]ccc23)cc1C(=O)Nc1ccc(CN2CCN(C)CC2)c(C(F)(F)F)c1. The predicted molar refractivity (Wildman–Crippen MR) is 163 cm³/mol. The Bertz CT molecular complexity index is 1760. The number of nitrogens with zero attached hydrogens (tertiary/aromatic N) is 3. The van der Waals surface area contributed by atoms with Crippen LogP contribution < -0.4 is 10.1 Å². The zero-order valence-corrected chi connectivity index (χ0v) is 24.5. The maximum atomic E-state index is 14.1. The van der Waals surface area contributed by atoms with Crippen molar-refractivity contribution in [2.24, 2.45) is 0 Å². The third-order valence-corrected chi connectivity index (χ3v) is 8.34. The van der Waals surface area contributed by atoms with Crippen LogP contribution in [0, 0.1) is 6.92 Å². The zero-order valence-electron chi connectivity index (χ0n) is 23.7. The number of amides is 1. The summed E-state index contributed by atoms with van der Waals surface area (Å²) in [4.78, 5) is 25.3.